The molecule has 9 heteroatoms. The minimum Gasteiger partial charge on any atom is -0.378 e. The molecule has 1 unspecified atom stereocenters. The van der Waals surface area contributed by atoms with Crippen LogP contribution in [0, 0.1) is 17.0 Å². The first-order valence-corrected chi connectivity index (χ1v) is 6.73. The van der Waals surface area contributed by atoms with Crippen molar-refractivity contribution in [3.8, 4) is 0 Å². The molecule has 2 rings (SSSR count). The van der Waals surface area contributed by atoms with Gasteiger partial charge >= 0.3 is 5.69 Å². The highest BCUT2D eigenvalue weighted by Crippen LogP contribution is 2.27. The molecule has 0 aliphatic carbocycles. The van der Waals surface area contributed by atoms with Crippen LogP contribution in [0.15, 0.2) is 0 Å². The highest BCUT2D eigenvalue weighted by molar-refractivity contribution is 5.85. The van der Waals surface area contributed by atoms with Gasteiger partial charge in [0.25, 0.3) is 0 Å². The van der Waals surface area contributed by atoms with E-state index >= 15 is 0 Å². The number of hydrogen-bond acceptors (Lipinski definition) is 6. The van der Waals surface area contributed by atoms with E-state index in [2.05, 4.69) is 10.4 Å². The van der Waals surface area contributed by atoms with Crippen LogP contribution in [-0.2, 0) is 16.6 Å². The van der Waals surface area contributed by atoms with Gasteiger partial charge in [-0.25, -0.2) is 4.68 Å². The van der Waals surface area contributed by atoms with Gasteiger partial charge in [0, 0.05) is 20.1 Å². The number of nitrogens with zero attached hydrogens (tertiary/aromatic N) is 4. The fourth-order valence-corrected chi connectivity index (χ4v) is 2.35. The lowest BCUT2D eigenvalue weighted by atomic mass is 10.2. The van der Waals surface area contributed by atoms with Gasteiger partial charge in [-0.15, -0.1) is 0 Å². The summed E-state index contributed by atoms with van der Waals surface area (Å²) in [4.78, 5) is 24.6. The molecule has 1 saturated heterocycles. The molecular weight excluding hydrogens is 278 g/mol. The molecule has 1 N–H and O–H groups in total. The first kappa shape index (κ1) is 15.2. The van der Waals surface area contributed by atoms with Crippen molar-refractivity contribution in [3.63, 3.8) is 0 Å². The predicted octanol–water partition coefficient (Wildman–Crippen LogP) is 0.296. The third kappa shape index (κ3) is 3.13. The number of carbonyl (C=O) groups excluding carboxylic acids is 1. The molecule has 1 aromatic heterocycles. The summed E-state index contributed by atoms with van der Waals surface area (Å²) in [5, 5.41) is 18.0. The Morgan fingerprint density at radius 3 is 2.67 bits per heavy atom. The second-order valence-electron chi connectivity index (χ2n) is 4.97. The molecular formula is C12H19N5O4. The molecule has 0 spiro atoms. The van der Waals surface area contributed by atoms with Crippen molar-refractivity contribution in [3.05, 3.63) is 15.8 Å². The van der Waals surface area contributed by atoms with Crippen molar-refractivity contribution in [1.82, 2.24) is 14.7 Å². The molecule has 21 heavy (non-hydrogen) atoms. The van der Waals surface area contributed by atoms with Gasteiger partial charge in [-0.1, -0.05) is 0 Å². The number of carbonyl (C=O) groups is 1. The lowest BCUT2D eigenvalue weighted by molar-refractivity contribution is -0.384. The summed E-state index contributed by atoms with van der Waals surface area (Å²) in [6, 6.07) is -0.573. The lowest BCUT2D eigenvalue weighted by Crippen LogP contribution is -2.47. The number of aromatic nitrogens is 2. The average Bonchev–Trinajstić information content (AvgIpc) is 2.73. The van der Waals surface area contributed by atoms with Crippen LogP contribution in [0.3, 0.4) is 0 Å². The van der Waals surface area contributed by atoms with Crippen molar-refractivity contribution in [2.45, 2.75) is 19.9 Å². The number of nitrogens with one attached hydrogen (secondary N) is 1. The van der Waals surface area contributed by atoms with Crippen LogP contribution in [-0.4, -0.2) is 57.9 Å². The number of rotatable bonds is 4. The number of anilines is 1. The summed E-state index contributed by atoms with van der Waals surface area (Å²) in [5.74, 6) is 0.137. The topological polar surface area (TPSA) is 103 Å². The van der Waals surface area contributed by atoms with E-state index in [1.165, 1.54) is 4.68 Å². The summed E-state index contributed by atoms with van der Waals surface area (Å²) >= 11 is 0. The van der Waals surface area contributed by atoms with E-state index < -0.39 is 11.0 Å². The predicted molar refractivity (Wildman–Crippen MR) is 75.1 cm³/mol. The van der Waals surface area contributed by atoms with E-state index in [0.717, 1.165) is 0 Å². The normalized spacial score (nSPS) is 16.6. The van der Waals surface area contributed by atoms with Crippen molar-refractivity contribution in [2.75, 3.05) is 31.6 Å². The number of ether oxygens (including phenoxy) is 1. The fraction of sp³-hybridized carbons (Fsp3) is 0.667. The zero-order valence-electron chi connectivity index (χ0n) is 12.3. The van der Waals surface area contributed by atoms with Gasteiger partial charge in [-0.2, -0.15) is 5.10 Å². The lowest BCUT2D eigenvalue weighted by Gasteiger charge is -2.29. The summed E-state index contributed by atoms with van der Waals surface area (Å²) in [7, 11) is 1.61. The molecule has 0 saturated carbocycles. The second-order valence-corrected chi connectivity index (χ2v) is 4.97. The summed E-state index contributed by atoms with van der Waals surface area (Å²) in [6.07, 6.45) is 0. The molecule has 2 heterocycles. The summed E-state index contributed by atoms with van der Waals surface area (Å²) < 4.78 is 6.59. The Balaban J connectivity index is 2.14. The monoisotopic (exact) mass is 297 g/mol. The van der Waals surface area contributed by atoms with Crippen LogP contribution in [0.25, 0.3) is 0 Å². The Labute approximate surface area is 122 Å². The van der Waals surface area contributed by atoms with Gasteiger partial charge in [0.1, 0.15) is 11.7 Å². The molecule has 1 aromatic rings. The van der Waals surface area contributed by atoms with E-state index in [9.17, 15) is 14.9 Å². The van der Waals surface area contributed by atoms with E-state index in [-0.39, 0.29) is 17.4 Å². The fourth-order valence-electron chi connectivity index (χ4n) is 2.35. The molecule has 116 valence electrons. The molecule has 9 nitrogen and oxygen atoms in total. The maximum atomic E-state index is 12.3. The van der Waals surface area contributed by atoms with E-state index in [4.69, 9.17) is 4.74 Å². The Morgan fingerprint density at radius 1 is 1.48 bits per heavy atom. The Hall–Kier alpha value is -2.16. The largest absolute Gasteiger partial charge is 0.378 e. The van der Waals surface area contributed by atoms with Gasteiger partial charge in [0.05, 0.1) is 18.1 Å². The van der Waals surface area contributed by atoms with Crippen LogP contribution < -0.4 is 5.32 Å². The quantitative estimate of drug-likeness (QED) is 0.633. The third-order valence-electron chi connectivity index (χ3n) is 3.42. The van der Waals surface area contributed by atoms with Crippen LogP contribution >= 0.6 is 0 Å². The van der Waals surface area contributed by atoms with E-state index in [1.54, 1.807) is 25.8 Å². The molecule has 1 atom stereocenters. The zero-order chi connectivity index (χ0) is 15.6. The standard InChI is InChI=1S/C12H19N5O4/c1-8-10(17(19)20)11(15(3)14-8)13-9(2)12(18)16-4-6-21-7-5-16/h9,13H,4-7H2,1-3H3. The van der Waals surface area contributed by atoms with Gasteiger partial charge in [0.15, 0.2) is 0 Å². The summed E-state index contributed by atoms with van der Waals surface area (Å²) in [6.45, 7) is 5.36. The maximum Gasteiger partial charge on any atom is 0.333 e. The van der Waals surface area contributed by atoms with Crippen molar-refractivity contribution in [1.29, 1.82) is 0 Å². The Morgan fingerprint density at radius 2 is 2.10 bits per heavy atom. The highest BCUT2D eigenvalue weighted by atomic mass is 16.6. The minimum atomic E-state index is -0.573. The van der Waals surface area contributed by atoms with Crippen molar-refractivity contribution in [2.24, 2.45) is 7.05 Å². The van der Waals surface area contributed by atoms with Crippen LogP contribution in [0.2, 0.25) is 0 Å². The average molecular weight is 297 g/mol. The number of amides is 1. The molecule has 0 aromatic carbocycles. The number of hydrogen-bond donors (Lipinski definition) is 1. The SMILES string of the molecule is Cc1nn(C)c(NC(C)C(=O)N2CCOCC2)c1[N+](=O)[O-]. The number of nitro groups is 1. The molecule has 0 radical (unpaired) electrons. The first-order chi connectivity index (χ1) is 9.91. The molecule has 1 aliphatic heterocycles. The smallest absolute Gasteiger partial charge is 0.333 e. The highest BCUT2D eigenvalue weighted by Gasteiger charge is 2.28. The number of morpholine rings is 1. The Bertz CT molecular complexity index is 550. The van der Waals surface area contributed by atoms with E-state index in [1.807, 2.05) is 0 Å². The van der Waals surface area contributed by atoms with Gasteiger partial charge < -0.3 is 15.0 Å². The minimum absolute atomic E-state index is 0.0980. The first-order valence-electron chi connectivity index (χ1n) is 6.73. The zero-order valence-corrected chi connectivity index (χ0v) is 12.3. The van der Waals surface area contributed by atoms with E-state index in [0.29, 0.717) is 32.0 Å². The third-order valence-corrected chi connectivity index (χ3v) is 3.42. The van der Waals surface area contributed by atoms with Crippen molar-refractivity contribution >= 4 is 17.4 Å². The van der Waals surface area contributed by atoms with Crippen LogP contribution in [0.1, 0.15) is 12.6 Å². The second kappa shape index (κ2) is 6.08. The van der Waals surface area contributed by atoms with Gasteiger partial charge in [0.2, 0.25) is 11.7 Å². The van der Waals surface area contributed by atoms with Gasteiger partial charge in [-0.3, -0.25) is 14.9 Å². The van der Waals surface area contributed by atoms with Gasteiger partial charge in [-0.05, 0) is 13.8 Å². The number of aryl methyl sites for hydroxylation is 2. The molecule has 1 aliphatic rings. The van der Waals surface area contributed by atoms with Crippen LogP contribution in [0.4, 0.5) is 11.5 Å². The molecule has 1 amide bonds. The molecule has 0 bridgehead atoms. The summed E-state index contributed by atoms with van der Waals surface area (Å²) in [5.41, 5.74) is 0.218. The maximum absolute atomic E-state index is 12.3. The molecule has 1 fully saturated rings. The van der Waals surface area contributed by atoms with Crippen LogP contribution in [0.5, 0.6) is 0 Å². The van der Waals surface area contributed by atoms with Crippen molar-refractivity contribution < 1.29 is 14.5 Å². The Kier molecular flexibility index (Phi) is 4.41.